The van der Waals surface area contributed by atoms with Crippen molar-refractivity contribution in [2.75, 3.05) is 12.0 Å². The lowest BCUT2D eigenvalue weighted by Crippen LogP contribution is -2.48. The van der Waals surface area contributed by atoms with E-state index in [1.165, 1.54) is 46.6 Å². The molecule has 2 aromatic carbocycles. The maximum absolute atomic E-state index is 4.10. The van der Waals surface area contributed by atoms with Crippen molar-refractivity contribution in [1.82, 2.24) is 5.32 Å². The van der Waals surface area contributed by atoms with Crippen molar-refractivity contribution in [2.45, 2.75) is 60.9 Å². The van der Waals surface area contributed by atoms with Gasteiger partial charge in [-0.05, 0) is 42.4 Å². The monoisotopic (exact) mass is 371 g/mol. The number of hydrogen-bond donors (Lipinski definition) is 1. The second kappa shape index (κ2) is 8.66. The van der Waals surface area contributed by atoms with E-state index in [4.69, 9.17) is 0 Å². The number of rotatable bonds is 6. The average Bonchev–Trinajstić information content (AvgIpc) is 2.84. The minimum Gasteiger partial charge on any atom is -0.300 e. The van der Waals surface area contributed by atoms with Gasteiger partial charge in [-0.25, -0.2) is 0 Å². The molecule has 1 N–H and O–H groups in total. The summed E-state index contributed by atoms with van der Waals surface area (Å²) in [6.45, 7) is 4.63. The van der Waals surface area contributed by atoms with Crippen LogP contribution in [0.25, 0.3) is 0 Å². The molecular weight excluding hydrogens is 342 g/mol. The third-order valence-corrected chi connectivity index (χ3v) is 7.39. The molecule has 0 saturated heterocycles. The van der Waals surface area contributed by atoms with E-state index in [2.05, 4.69) is 74.0 Å². The van der Waals surface area contributed by atoms with Crippen LogP contribution in [-0.2, 0) is 0 Å². The summed E-state index contributed by atoms with van der Waals surface area (Å²) in [5.41, 5.74) is 3.01. The Morgan fingerprint density at radius 3 is 2.64 bits per heavy atom. The number of fused-ring (bicyclic) bond motifs is 1. The Morgan fingerprint density at radius 1 is 1.16 bits per heavy atom. The van der Waals surface area contributed by atoms with Crippen molar-refractivity contribution >= 4 is 23.5 Å². The van der Waals surface area contributed by atoms with Crippen molar-refractivity contribution in [2.24, 2.45) is 0 Å². The molecule has 0 saturated carbocycles. The van der Waals surface area contributed by atoms with Crippen LogP contribution < -0.4 is 5.32 Å². The molecule has 0 aliphatic carbocycles. The number of thioether (sulfide) groups is 2. The molecule has 0 spiro atoms. The van der Waals surface area contributed by atoms with Crippen LogP contribution in [0.15, 0.2) is 58.3 Å². The zero-order chi connectivity index (χ0) is 17.7. The summed E-state index contributed by atoms with van der Waals surface area (Å²) >= 11 is 3.87. The lowest BCUT2D eigenvalue weighted by molar-refractivity contribution is 0.298. The minimum atomic E-state index is 0.208. The van der Waals surface area contributed by atoms with E-state index in [1.54, 1.807) is 0 Å². The van der Waals surface area contributed by atoms with Crippen molar-refractivity contribution in [3.63, 3.8) is 0 Å². The van der Waals surface area contributed by atoms with Gasteiger partial charge in [0.05, 0.1) is 6.04 Å². The molecule has 1 aliphatic heterocycles. The van der Waals surface area contributed by atoms with Gasteiger partial charge in [-0.3, -0.25) is 5.32 Å². The Morgan fingerprint density at radius 2 is 1.96 bits per heavy atom. The Hall–Kier alpha value is -0.900. The first kappa shape index (κ1) is 18.9. The summed E-state index contributed by atoms with van der Waals surface area (Å²) in [7, 11) is 0. The van der Waals surface area contributed by atoms with Crippen LogP contribution >= 0.6 is 23.5 Å². The van der Waals surface area contributed by atoms with Gasteiger partial charge in [0.2, 0.25) is 0 Å². The van der Waals surface area contributed by atoms with E-state index in [1.807, 2.05) is 23.5 Å². The second-order valence-corrected chi connectivity index (χ2v) is 8.81. The summed E-state index contributed by atoms with van der Waals surface area (Å²) in [5, 5.41) is 4.10. The fourth-order valence-electron chi connectivity index (χ4n) is 3.60. The maximum Gasteiger partial charge on any atom is 0.0592 e. The number of nitrogens with one attached hydrogen (secondary N) is 1. The molecule has 0 amide bonds. The molecule has 1 heterocycles. The molecule has 0 aromatic heterocycles. The van der Waals surface area contributed by atoms with Crippen LogP contribution in [0, 0.1) is 0 Å². The van der Waals surface area contributed by atoms with Crippen molar-refractivity contribution in [1.29, 1.82) is 0 Å². The highest BCUT2D eigenvalue weighted by Crippen LogP contribution is 2.41. The molecule has 1 aliphatic rings. The zero-order valence-electron chi connectivity index (χ0n) is 15.5. The first-order chi connectivity index (χ1) is 12.2. The molecule has 2 aromatic rings. The molecule has 2 atom stereocenters. The summed E-state index contributed by atoms with van der Waals surface area (Å²) in [5.74, 6) is 1.15. The number of unbranched alkanes of at least 4 members (excludes halogenated alkanes) is 1. The van der Waals surface area contributed by atoms with Gasteiger partial charge in [-0.2, -0.15) is 0 Å². The molecule has 134 valence electrons. The van der Waals surface area contributed by atoms with Crippen molar-refractivity contribution < 1.29 is 0 Å². The maximum atomic E-state index is 4.10. The second-order valence-electron chi connectivity index (χ2n) is 6.92. The molecule has 0 radical (unpaired) electrons. The Balaban J connectivity index is 2.04. The van der Waals surface area contributed by atoms with E-state index in [9.17, 15) is 0 Å². The largest absolute Gasteiger partial charge is 0.300 e. The number of benzene rings is 2. The molecule has 1 nitrogen and oxygen atoms in total. The van der Waals surface area contributed by atoms with Gasteiger partial charge >= 0.3 is 0 Å². The third kappa shape index (κ3) is 4.27. The lowest BCUT2D eigenvalue weighted by Gasteiger charge is -2.36. The molecule has 25 heavy (non-hydrogen) atoms. The Labute approximate surface area is 161 Å². The first-order valence-electron chi connectivity index (χ1n) is 9.34. The highest BCUT2D eigenvalue weighted by molar-refractivity contribution is 7.99. The fraction of sp³-hybridized carbons (Fsp3) is 0.455. The predicted octanol–water partition coefficient (Wildman–Crippen LogP) is 6.53. The van der Waals surface area contributed by atoms with E-state index in [0.717, 1.165) is 5.75 Å². The fourth-order valence-corrected chi connectivity index (χ4v) is 5.54. The minimum absolute atomic E-state index is 0.208. The summed E-state index contributed by atoms with van der Waals surface area (Å²) in [6, 6.07) is 18.2. The highest BCUT2D eigenvalue weighted by Gasteiger charge is 2.35. The quantitative estimate of drug-likeness (QED) is 0.580. The lowest BCUT2D eigenvalue weighted by atomic mass is 9.88. The highest BCUT2D eigenvalue weighted by atomic mass is 32.2. The summed E-state index contributed by atoms with van der Waals surface area (Å²) in [4.78, 5) is 2.80. The van der Waals surface area contributed by atoms with E-state index in [0.29, 0.717) is 0 Å². The molecule has 0 bridgehead atoms. The average molecular weight is 372 g/mol. The van der Waals surface area contributed by atoms with Crippen LogP contribution in [0.2, 0.25) is 0 Å². The van der Waals surface area contributed by atoms with Gasteiger partial charge < -0.3 is 0 Å². The predicted molar refractivity (Wildman–Crippen MR) is 113 cm³/mol. The zero-order valence-corrected chi connectivity index (χ0v) is 17.2. The van der Waals surface area contributed by atoms with Crippen LogP contribution in [0.5, 0.6) is 0 Å². The molecule has 3 heteroatoms. The van der Waals surface area contributed by atoms with Crippen LogP contribution in [0.1, 0.15) is 56.7 Å². The van der Waals surface area contributed by atoms with Crippen molar-refractivity contribution in [3.05, 3.63) is 59.7 Å². The van der Waals surface area contributed by atoms with Crippen molar-refractivity contribution in [3.8, 4) is 0 Å². The van der Waals surface area contributed by atoms with Crippen LogP contribution in [0.3, 0.4) is 0 Å². The van der Waals surface area contributed by atoms with Gasteiger partial charge in [0, 0.05) is 21.1 Å². The third-order valence-electron chi connectivity index (χ3n) is 5.30. The van der Waals surface area contributed by atoms with Gasteiger partial charge in [-0.15, -0.1) is 23.5 Å². The van der Waals surface area contributed by atoms with Crippen LogP contribution in [-0.4, -0.2) is 17.5 Å². The molecule has 0 unspecified atom stereocenters. The smallest absolute Gasteiger partial charge is 0.0592 e. The summed E-state index contributed by atoms with van der Waals surface area (Å²) < 4.78 is 0. The summed E-state index contributed by atoms with van der Waals surface area (Å²) in [6.07, 6.45) is 7.13. The topological polar surface area (TPSA) is 12.0 Å². The van der Waals surface area contributed by atoms with E-state index in [-0.39, 0.29) is 11.6 Å². The van der Waals surface area contributed by atoms with Gasteiger partial charge in [0.15, 0.2) is 0 Å². The molecular formula is C22H29NS2. The Bertz CT molecular complexity index is 686. The Kier molecular flexibility index (Phi) is 6.54. The molecule has 3 rings (SSSR count). The van der Waals surface area contributed by atoms with E-state index >= 15 is 0 Å². The van der Waals surface area contributed by atoms with Gasteiger partial charge in [0.25, 0.3) is 0 Å². The van der Waals surface area contributed by atoms with E-state index < -0.39 is 0 Å². The number of hydrogen-bond acceptors (Lipinski definition) is 3. The SMILES string of the molecule is CCCC[C@]1(CC)CSc2cc(SC)ccc2[C@H](c2ccccc2)N1. The van der Waals surface area contributed by atoms with Gasteiger partial charge in [-0.1, -0.05) is 63.1 Å². The molecule has 0 fully saturated rings. The standard InChI is InChI=1S/C22H29NS2/c1-4-6-14-22(5-2)16-25-20-15-18(24-3)12-13-19(20)21(23-22)17-10-8-7-9-11-17/h7-13,15,21,23H,4-6,14,16H2,1-3H3/t21-,22+/m0/s1. The first-order valence-corrected chi connectivity index (χ1v) is 11.6. The normalized spacial score (nSPS) is 23.1. The van der Waals surface area contributed by atoms with Gasteiger partial charge in [0.1, 0.15) is 0 Å². The van der Waals surface area contributed by atoms with Crippen LogP contribution in [0.4, 0.5) is 0 Å².